The van der Waals surface area contributed by atoms with E-state index >= 15 is 0 Å². The van der Waals surface area contributed by atoms with Gasteiger partial charge in [-0.05, 0) is 48.9 Å². The number of amides is 2. The van der Waals surface area contributed by atoms with Gasteiger partial charge in [0.2, 0.25) is 5.91 Å². The molecule has 0 radical (unpaired) electrons. The fourth-order valence-corrected chi connectivity index (χ4v) is 2.76. The average molecular weight is 413 g/mol. The normalized spacial score (nSPS) is 11.0. The monoisotopic (exact) mass is 413 g/mol. The van der Waals surface area contributed by atoms with Gasteiger partial charge in [0.25, 0.3) is 5.91 Å². The summed E-state index contributed by atoms with van der Waals surface area (Å²) in [6.45, 7) is 0. The zero-order chi connectivity index (χ0) is 21.6. The van der Waals surface area contributed by atoms with Crippen molar-refractivity contribution in [3.8, 4) is 0 Å². The lowest BCUT2D eigenvalue weighted by molar-refractivity contribution is -0.137. The Morgan fingerprint density at radius 2 is 1.67 bits per heavy atom. The van der Waals surface area contributed by atoms with Gasteiger partial charge in [-0.1, -0.05) is 24.3 Å². The highest BCUT2D eigenvalue weighted by atomic mass is 19.4. The van der Waals surface area contributed by atoms with E-state index in [4.69, 9.17) is 0 Å². The summed E-state index contributed by atoms with van der Waals surface area (Å²) in [6, 6.07) is 16.1. The van der Waals surface area contributed by atoms with Crippen molar-refractivity contribution in [2.24, 2.45) is 0 Å². The van der Waals surface area contributed by atoms with Crippen LogP contribution in [0.25, 0.3) is 0 Å². The number of alkyl halides is 3. The largest absolute Gasteiger partial charge is 0.416 e. The van der Waals surface area contributed by atoms with Crippen molar-refractivity contribution in [1.82, 2.24) is 4.98 Å². The summed E-state index contributed by atoms with van der Waals surface area (Å²) in [5.41, 5.74) is 0.319. The van der Waals surface area contributed by atoms with Crippen LogP contribution in [0.5, 0.6) is 0 Å². The molecule has 0 unspecified atom stereocenters. The molecule has 0 spiro atoms. The third kappa shape index (κ3) is 5.66. The lowest BCUT2D eigenvalue weighted by Gasteiger charge is -2.13. The number of hydrogen-bond donors (Lipinski definition) is 2. The number of hydrogen-bond acceptors (Lipinski definition) is 3. The summed E-state index contributed by atoms with van der Waals surface area (Å²) < 4.78 is 38.6. The number of anilines is 2. The Labute approximate surface area is 171 Å². The third-order valence-electron chi connectivity index (χ3n) is 4.23. The molecule has 1 aromatic heterocycles. The summed E-state index contributed by atoms with van der Waals surface area (Å²) >= 11 is 0. The maximum absolute atomic E-state index is 12.9. The van der Waals surface area contributed by atoms with Crippen LogP contribution >= 0.6 is 0 Å². The molecule has 2 N–H and O–H groups in total. The number of pyridine rings is 1. The van der Waals surface area contributed by atoms with Crippen molar-refractivity contribution in [3.05, 3.63) is 89.7 Å². The number of aromatic nitrogens is 1. The molecule has 1 heterocycles. The average Bonchev–Trinajstić information content (AvgIpc) is 2.73. The first-order valence-corrected chi connectivity index (χ1v) is 9.10. The Balaban J connectivity index is 1.68. The number of para-hydroxylation sites is 1. The molecule has 0 aliphatic carbocycles. The topological polar surface area (TPSA) is 71.1 Å². The van der Waals surface area contributed by atoms with Crippen LogP contribution in [0.15, 0.2) is 72.9 Å². The van der Waals surface area contributed by atoms with E-state index in [1.165, 1.54) is 18.2 Å². The minimum Gasteiger partial charge on any atom is -0.325 e. The van der Waals surface area contributed by atoms with Crippen molar-refractivity contribution in [1.29, 1.82) is 0 Å². The van der Waals surface area contributed by atoms with Gasteiger partial charge in [-0.2, -0.15) is 13.2 Å². The predicted molar refractivity (Wildman–Crippen MR) is 107 cm³/mol. The van der Waals surface area contributed by atoms with Gasteiger partial charge in [0, 0.05) is 24.0 Å². The number of nitrogens with zero attached hydrogens (tertiary/aromatic N) is 1. The number of aryl methyl sites for hydroxylation is 1. The second-order valence-electron chi connectivity index (χ2n) is 6.45. The van der Waals surface area contributed by atoms with Crippen LogP contribution < -0.4 is 10.6 Å². The van der Waals surface area contributed by atoms with E-state index in [0.717, 1.165) is 17.8 Å². The van der Waals surface area contributed by atoms with Crippen molar-refractivity contribution >= 4 is 23.2 Å². The van der Waals surface area contributed by atoms with E-state index in [1.807, 2.05) is 12.1 Å². The smallest absolute Gasteiger partial charge is 0.325 e. The van der Waals surface area contributed by atoms with E-state index < -0.39 is 17.6 Å². The Morgan fingerprint density at radius 1 is 0.900 bits per heavy atom. The van der Waals surface area contributed by atoms with Crippen molar-refractivity contribution in [2.45, 2.75) is 19.0 Å². The van der Waals surface area contributed by atoms with Crippen molar-refractivity contribution < 1.29 is 22.8 Å². The van der Waals surface area contributed by atoms with E-state index in [-0.39, 0.29) is 29.3 Å². The number of carbonyl (C=O) groups is 2. The van der Waals surface area contributed by atoms with Crippen molar-refractivity contribution in [3.63, 3.8) is 0 Å². The molecule has 3 rings (SSSR count). The number of benzene rings is 2. The number of halogens is 3. The first-order chi connectivity index (χ1) is 14.3. The predicted octanol–water partition coefficient (Wildman–Crippen LogP) is 4.92. The highest BCUT2D eigenvalue weighted by molar-refractivity contribution is 6.10. The first kappa shape index (κ1) is 21.0. The van der Waals surface area contributed by atoms with E-state index in [1.54, 1.807) is 30.5 Å². The first-order valence-electron chi connectivity index (χ1n) is 9.10. The van der Waals surface area contributed by atoms with Crippen LogP contribution in [-0.2, 0) is 17.4 Å². The van der Waals surface area contributed by atoms with Crippen LogP contribution in [0.3, 0.4) is 0 Å². The molecule has 0 saturated heterocycles. The summed E-state index contributed by atoms with van der Waals surface area (Å²) in [4.78, 5) is 29.0. The second-order valence-corrected chi connectivity index (χ2v) is 6.45. The molecule has 5 nitrogen and oxygen atoms in total. The summed E-state index contributed by atoms with van der Waals surface area (Å²) in [6.07, 6.45) is -2.27. The standard InChI is InChI=1S/C22H18F3N3O2/c23-22(24,25)15-6-5-8-17(14-15)27-21(30)18-9-1-2-10-19(18)28-20(29)12-11-16-7-3-4-13-26-16/h1-10,13-14H,11-12H2,(H,27,30)(H,28,29). The van der Waals surface area contributed by atoms with Crippen LogP contribution in [0.2, 0.25) is 0 Å². The Hall–Kier alpha value is -3.68. The number of carbonyl (C=O) groups excluding carboxylic acids is 2. The SMILES string of the molecule is O=C(CCc1ccccn1)Nc1ccccc1C(=O)Nc1cccc(C(F)(F)F)c1. The van der Waals surface area contributed by atoms with Gasteiger partial charge < -0.3 is 10.6 Å². The molecule has 0 saturated carbocycles. The molecule has 2 aromatic carbocycles. The van der Waals surface area contributed by atoms with Gasteiger partial charge in [0.05, 0.1) is 16.8 Å². The lowest BCUT2D eigenvalue weighted by atomic mass is 10.1. The second kappa shape index (κ2) is 9.21. The van der Waals surface area contributed by atoms with E-state index in [9.17, 15) is 22.8 Å². The van der Waals surface area contributed by atoms with Crippen molar-refractivity contribution in [2.75, 3.05) is 10.6 Å². The molecule has 0 bridgehead atoms. The van der Waals surface area contributed by atoms with E-state index in [2.05, 4.69) is 15.6 Å². The number of nitrogens with one attached hydrogen (secondary N) is 2. The summed E-state index contributed by atoms with van der Waals surface area (Å²) in [5.74, 6) is -0.935. The minimum absolute atomic E-state index is 0.00565. The molecule has 0 aliphatic rings. The van der Waals surface area contributed by atoms with Crippen LogP contribution in [0, 0.1) is 0 Å². The number of rotatable bonds is 6. The van der Waals surface area contributed by atoms with Gasteiger partial charge in [0.1, 0.15) is 0 Å². The molecular formula is C22H18F3N3O2. The van der Waals surface area contributed by atoms with E-state index in [0.29, 0.717) is 6.42 Å². The lowest BCUT2D eigenvalue weighted by Crippen LogP contribution is -2.18. The Morgan fingerprint density at radius 3 is 2.40 bits per heavy atom. The summed E-state index contributed by atoms with van der Waals surface area (Å²) in [5, 5.41) is 5.12. The molecule has 0 atom stereocenters. The van der Waals surface area contributed by atoms with Gasteiger partial charge >= 0.3 is 6.18 Å². The van der Waals surface area contributed by atoms with Crippen LogP contribution in [-0.4, -0.2) is 16.8 Å². The quantitative estimate of drug-likeness (QED) is 0.602. The highest BCUT2D eigenvalue weighted by Crippen LogP contribution is 2.31. The van der Waals surface area contributed by atoms with Crippen LogP contribution in [0.1, 0.15) is 28.0 Å². The fraction of sp³-hybridized carbons (Fsp3) is 0.136. The van der Waals surface area contributed by atoms with Crippen LogP contribution in [0.4, 0.5) is 24.5 Å². The highest BCUT2D eigenvalue weighted by Gasteiger charge is 2.30. The molecule has 0 fully saturated rings. The van der Waals surface area contributed by atoms with Gasteiger partial charge in [-0.15, -0.1) is 0 Å². The zero-order valence-electron chi connectivity index (χ0n) is 15.7. The van der Waals surface area contributed by atoms with Gasteiger partial charge in [0.15, 0.2) is 0 Å². The zero-order valence-corrected chi connectivity index (χ0v) is 15.7. The fourth-order valence-electron chi connectivity index (χ4n) is 2.76. The molecule has 3 aromatic rings. The molecule has 154 valence electrons. The molecule has 30 heavy (non-hydrogen) atoms. The maximum atomic E-state index is 12.9. The third-order valence-corrected chi connectivity index (χ3v) is 4.23. The van der Waals surface area contributed by atoms with Gasteiger partial charge in [-0.25, -0.2) is 0 Å². The molecular weight excluding hydrogens is 395 g/mol. The minimum atomic E-state index is -4.51. The Kier molecular flexibility index (Phi) is 6.46. The molecule has 8 heteroatoms. The maximum Gasteiger partial charge on any atom is 0.416 e. The molecule has 0 aliphatic heterocycles. The molecule has 2 amide bonds. The Bertz CT molecular complexity index is 1040. The summed E-state index contributed by atoms with van der Waals surface area (Å²) in [7, 11) is 0. The van der Waals surface area contributed by atoms with Gasteiger partial charge in [-0.3, -0.25) is 14.6 Å².